The molecule has 0 radical (unpaired) electrons. The normalized spacial score (nSPS) is 25.2. The number of hydrogen-bond donors (Lipinski definition) is 2. The van der Waals surface area contributed by atoms with Gasteiger partial charge in [-0.25, -0.2) is 0 Å². The van der Waals surface area contributed by atoms with Crippen molar-refractivity contribution in [1.82, 2.24) is 10.2 Å². The van der Waals surface area contributed by atoms with Gasteiger partial charge in [-0.3, -0.25) is 4.79 Å². The third-order valence-electron chi connectivity index (χ3n) is 3.63. The van der Waals surface area contributed by atoms with Gasteiger partial charge in [-0.1, -0.05) is 13.8 Å². The summed E-state index contributed by atoms with van der Waals surface area (Å²) >= 11 is 0. The topological polar surface area (TPSA) is 58.4 Å². The van der Waals surface area contributed by atoms with Gasteiger partial charge in [-0.15, -0.1) is 0 Å². The van der Waals surface area contributed by atoms with Gasteiger partial charge in [0, 0.05) is 25.0 Å². The van der Waals surface area contributed by atoms with E-state index >= 15 is 0 Å². The Balaban J connectivity index is 2.32. The van der Waals surface area contributed by atoms with Crippen LogP contribution in [0.5, 0.6) is 0 Å². The number of carbonyl (C=O) groups excluding carboxylic acids is 1. The van der Waals surface area contributed by atoms with Crippen LogP contribution in [0.2, 0.25) is 0 Å². The lowest BCUT2D eigenvalue weighted by Gasteiger charge is -2.30. The van der Waals surface area contributed by atoms with Crippen molar-refractivity contribution in [3.8, 4) is 0 Å². The Kier molecular flexibility index (Phi) is 5.60. The van der Waals surface area contributed by atoms with Crippen molar-refractivity contribution in [2.75, 3.05) is 27.2 Å². The Morgan fingerprint density at radius 1 is 1.28 bits per heavy atom. The van der Waals surface area contributed by atoms with Crippen LogP contribution >= 0.6 is 0 Å². The molecule has 0 aromatic rings. The molecule has 1 rings (SSSR count). The van der Waals surface area contributed by atoms with Gasteiger partial charge in [0.2, 0.25) is 5.91 Å². The molecule has 4 heteroatoms. The number of hydrogen-bond acceptors (Lipinski definition) is 3. The van der Waals surface area contributed by atoms with Gasteiger partial charge in [-0.2, -0.15) is 0 Å². The van der Waals surface area contributed by atoms with Crippen molar-refractivity contribution in [3.63, 3.8) is 0 Å². The van der Waals surface area contributed by atoms with E-state index in [1.807, 2.05) is 0 Å². The van der Waals surface area contributed by atoms with E-state index in [9.17, 15) is 4.79 Å². The molecular formula is C14H29N3O. The van der Waals surface area contributed by atoms with Gasteiger partial charge in [-0.05, 0) is 45.2 Å². The van der Waals surface area contributed by atoms with Gasteiger partial charge in [0.05, 0.1) is 0 Å². The number of rotatable bonds is 5. The predicted octanol–water partition coefficient (Wildman–Crippen LogP) is 1.21. The molecule has 0 aliphatic heterocycles. The summed E-state index contributed by atoms with van der Waals surface area (Å²) in [5.74, 6) is 0.397. The Labute approximate surface area is 111 Å². The average molecular weight is 255 g/mol. The number of amides is 1. The van der Waals surface area contributed by atoms with Gasteiger partial charge in [0.25, 0.3) is 0 Å². The molecule has 0 aromatic heterocycles. The Hall–Kier alpha value is -0.610. The van der Waals surface area contributed by atoms with Crippen LogP contribution in [0.4, 0.5) is 0 Å². The number of nitrogens with two attached hydrogens (primary N) is 1. The Morgan fingerprint density at radius 3 is 2.33 bits per heavy atom. The second-order valence-electron chi connectivity index (χ2n) is 6.73. The zero-order valence-corrected chi connectivity index (χ0v) is 12.3. The highest BCUT2D eigenvalue weighted by Gasteiger charge is 2.26. The fourth-order valence-corrected chi connectivity index (χ4v) is 2.76. The molecule has 0 saturated heterocycles. The zero-order valence-electron chi connectivity index (χ0n) is 12.3. The van der Waals surface area contributed by atoms with E-state index in [2.05, 4.69) is 38.2 Å². The van der Waals surface area contributed by atoms with Crippen LogP contribution in [-0.2, 0) is 4.79 Å². The van der Waals surface area contributed by atoms with Crippen molar-refractivity contribution in [2.24, 2.45) is 17.1 Å². The summed E-state index contributed by atoms with van der Waals surface area (Å²) in [6.07, 6.45) is 3.86. The lowest BCUT2D eigenvalue weighted by molar-refractivity contribution is -0.126. The first-order valence-corrected chi connectivity index (χ1v) is 6.98. The van der Waals surface area contributed by atoms with Gasteiger partial charge >= 0.3 is 0 Å². The SMILES string of the molecule is CN(C)CC(C)(C)CNC(=O)C1CCC(N)CC1. The van der Waals surface area contributed by atoms with Crippen molar-refractivity contribution in [3.05, 3.63) is 0 Å². The Morgan fingerprint density at radius 2 is 1.83 bits per heavy atom. The number of carbonyl (C=O) groups is 1. The third kappa shape index (κ3) is 5.36. The monoisotopic (exact) mass is 255 g/mol. The molecule has 0 spiro atoms. The second-order valence-corrected chi connectivity index (χ2v) is 6.73. The van der Waals surface area contributed by atoms with Crippen LogP contribution in [-0.4, -0.2) is 44.0 Å². The maximum absolute atomic E-state index is 12.1. The van der Waals surface area contributed by atoms with E-state index < -0.39 is 0 Å². The molecule has 0 atom stereocenters. The fourth-order valence-electron chi connectivity index (χ4n) is 2.76. The molecule has 1 fully saturated rings. The van der Waals surface area contributed by atoms with Crippen molar-refractivity contribution < 1.29 is 4.79 Å². The lowest BCUT2D eigenvalue weighted by Crippen LogP contribution is -2.43. The minimum absolute atomic E-state index is 0.115. The average Bonchev–Trinajstić information content (AvgIpc) is 2.25. The third-order valence-corrected chi connectivity index (χ3v) is 3.63. The van der Waals surface area contributed by atoms with Crippen LogP contribution < -0.4 is 11.1 Å². The second kappa shape index (κ2) is 6.53. The standard InChI is InChI=1S/C14H29N3O/c1-14(2,10-17(3)4)9-16-13(18)11-5-7-12(15)8-6-11/h11-12H,5-10,15H2,1-4H3,(H,16,18). The summed E-state index contributed by atoms with van der Waals surface area (Å²) in [7, 11) is 4.12. The van der Waals surface area contributed by atoms with Gasteiger partial charge in [0.1, 0.15) is 0 Å². The largest absolute Gasteiger partial charge is 0.355 e. The summed E-state index contributed by atoms with van der Waals surface area (Å²) in [6.45, 7) is 6.09. The maximum Gasteiger partial charge on any atom is 0.223 e. The minimum atomic E-state index is 0.115. The molecule has 0 aromatic carbocycles. The highest BCUT2D eigenvalue weighted by molar-refractivity contribution is 5.78. The summed E-state index contributed by atoms with van der Waals surface area (Å²) in [4.78, 5) is 14.2. The molecule has 1 amide bonds. The lowest BCUT2D eigenvalue weighted by atomic mass is 9.85. The molecule has 106 valence electrons. The molecule has 1 saturated carbocycles. The first kappa shape index (κ1) is 15.4. The fraction of sp³-hybridized carbons (Fsp3) is 0.929. The van der Waals surface area contributed by atoms with Crippen molar-refractivity contribution >= 4 is 5.91 Å². The molecule has 0 unspecified atom stereocenters. The molecular weight excluding hydrogens is 226 g/mol. The summed E-state index contributed by atoms with van der Waals surface area (Å²) in [5, 5.41) is 3.11. The van der Waals surface area contributed by atoms with Crippen molar-refractivity contribution in [2.45, 2.75) is 45.6 Å². The smallest absolute Gasteiger partial charge is 0.223 e. The van der Waals surface area contributed by atoms with E-state index in [4.69, 9.17) is 5.73 Å². The van der Waals surface area contributed by atoms with Crippen LogP contribution in [0, 0.1) is 11.3 Å². The number of nitrogens with zero attached hydrogens (tertiary/aromatic N) is 1. The molecule has 0 bridgehead atoms. The van der Waals surface area contributed by atoms with Gasteiger partial charge < -0.3 is 16.0 Å². The Bertz CT molecular complexity index is 268. The highest BCUT2D eigenvalue weighted by Crippen LogP contribution is 2.23. The summed E-state index contributed by atoms with van der Waals surface area (Å²) in [6, 6.07) is 0.305. The van der Waals surface area contributed by atoms with Crippen LogP contribution in [0.25, 0.3) is 0 Å². The highest BCUT2D eigenvalue weighted by atomic mass is 16.1. The minimum Gasteiger partial charge on any atom is -0.355 e. The van der Waals surface area contributed by atoms with Crippen LogP contribution in [0.3, 0.4) is 0 Å². The first-order chi connectivity index (χ1) is 8.30. The van der Waals surface area contributed by atoms with E-state index in [1.54, 1.807) is 0 Å². The molecule has 1 aliphatic rings. The maximum atomic E-state index is 12.1. The van der Waals surface area contributed by atoms with Crippen LogP contribution in [0.15, 0.2) is 0 Å². The van der Waals surface area contributed by atoms with E-state index in [0.717, 1.165) is 38.8 Å². The van der Waals surface area contributed by atoms with E-state index in [1.165, 1.54) is 0 Å². The van der Waals surface area contributed by atoms with Crippen molar-refractivity contribution in [1.29, 1.82) is 0 Å². The summed E-state index contributed by atoms with van der Waals surface area (Å²) in [5.41, 5.74) is 5.97. The summed E-state index contributed by atoms with van der Waals surface area (Å²) < 4.78 is 0. The molecule has 4 nitrogen and oxygen atoms in total. The van der Waals surface area contributed by atoms with E-state index in [0.29, 0.717) is 6.04 Å². The van der Waals surface area contributed by atoms with Crippen LogP contribution in [0.1, 0.15) is 39.5 Å². The zero-order chi connectivity index (χ0) is 13.8. The predicted molar refractivity (Wildman–Crippen MR) is 75.3 cm³/mol. The molecule has 0 heterocycles. The molecule has 1 aliphatic carbocycles. The number of nitrogens with one attached hydrogen (secondary N) is 1. The molecule has 18 heavy (non-hydrogen) atoms. The first-order valence-electron chi connectivity index (χ1n) is 6.98. The van der Waals surface area contributed by atoms with E-state index in [-0.39, 0.29) is 17.2 Å². The molecule has 3 N–H and O–H groups in total. The van der Waals surface area contributed by atoms with Gasteiger partial charge in [0.15, 0.2) is 0 Å². The quantitative estimate of drug-likeness (QED) is 0.776.